The van der Waals surface area contributed by atoms with Crippen molar-refractivity contribution in [3.05, 3.63) is 65.7 Å². The summed E-state index contributed by atoms with van der Waals surface area (Å²) in [6.45, 7) is 6.97. The van der Waals surface area contributed by atoms with Gasteiger partial charge in [0.2, 0.25) is 17.7 Å². The fourth-order valence-electron chi connectivity index (χ4n) is 4.77. The van der Waals surface area contributed by atoms with Gasteiger partial charge in [0.15, 0.2) is 0 Å². The minimum Gasteiger partial charge on any atom is -0.410 e. The van der Waals surface area contributed by atoms with Gasteiger partial charge < -0.3 is 30.7 Å². The minimum atomic E-state index is -1.12. The van der Waals surface area contributed by atoms with E-state index in [1.54, 1.807) is 56.3 Å². The second-order valence-electron chi connectivity index (χ2n) is 10.9. The summed E-state index contributed by atoms with van der Waals surface area (Å²) >= 11 is 0. The first-order valence-corrected chi connectivity index (χ1v) is 13.5. The summed E-state index contributed by atoms with van der Waals surface area (Å²) in [6, 6.07) is 13.2. The van der Waals surface area contributed by atoms with E-state index >= 15 is 0 Å². The Bertz CT molecular complexity index is 1270. The first-order valence-electron chi connectivity index (χ1n) is 13.5. The predicted octanol–water partition coefficient (Wildman–Crippen LogP) is 2.52. The molecule has 4 atom stereocenters. The van der Waals surface area contributed by atoms with E-state index in [1.165, 1.54) is 11.8 Å². The molecule has 0 unspecified atom stereocenters. The van der Waals surface area contributed by atoms with E-state index in [4.69, 9.17) is 11.2 Å². The predicted molar refractivity (Wildman–Crippen MR) is 154 cm³/mol. The van der Waals surface area contributed by atoms with Crippen LogP contribution in [0.1, 0.15) is 57.7 Å². The van der Waals surface area contributed by atoms with Crippen LogP contribution >= 0.6 is 0 Å². The summed E-state index contributed by atoms with van der Waals surface area (Å²) in [7, 11) is 0. The van der Waals surface area contributed by atoms with Gasteiger partial charge in [-0.3, -0.25) is 14.4 Å². The number of likely N-dealkylation sites (tertiary alicyclic amines) is 1. The lowest BCUT2D eigenvalue weighted by Crippen LogP contribution is -2.59. The van der Waals surface area contributed by atoms with E-state index in [2.05, 4.69) is 21.9 Å². The van der Waals surface area contributed by atoms with Crippen LogP contribution in [0.25, 0.3) is 0 Å². The molecule has 1 aliphatic heterocycles. The van der Waals surface area contributed by atoms with Crippen LogP contribution < -0.4 is 20.7 Å². The zero-order chi connectivity index (χ0) is 30.2. The number of aliphatic hydroxyl groups is 1. The Hall–Kier alpha value is -4.36. The fraction of sp³-hybridized carbons (Fsp3) is 0.419. The minimum absolute atomic E-state index is 0.0494. The molecule has 10 heteroatoms. The lowest BCUT2D eigenvalue weighted by molar-refractivity contribution is -0.142. The molecule has 1 heterocycles. The van der Waals surface area contributed by atoms with Crippen molar-refractivity contribution in [2.24, 2.45) is 5.41 Å². The van der Waals surface area contributed by atoms with Crippen molar-refractivity contribution in [1.29, 1.82) is 0 Å². The van der Waals surface area contributed by atoms with Gasteiger partial charge in [-0.15, -0.1) is 6.42 Å². The third-order valence-corrected chi connectivity index (χ3v) is 7.19. The van der Waals surface area contributed by atoms with Crippen molar-refractivity contribution in [3.8, 4) is 18.1 Å². The van der Waals surface area contributed by atoms with Gasteiger partial charge >= 0.3 is 6.09 Å². The highest BCUT2D eigenvalue weighted by Crippen LogP contribution is 2.30. The number of carbonyl (C=O) groups is 4. The molecule has 0 aliphatic carbocycles. The molecule has 41 heavy (non-hydrogen) atoms. The zero-order valence-electron chi connectivity index (χ0n) is 23.8. The molecule has 1 fully saturated rings. The lowest BCUT2D eigenvalue weighted by Gasteiger charge is -2.37. The molecule has 218 valence electrons. The molecule has 3 rings (SSSR count). The molecule has 0 radical (unpaired) electrons. The van der Waals surface area contributed by atoms with E-state index < -0.39 is 41.5 Å². The monoisotopic (exact) mass is 562 g/mol. The molecule has 4 N–H and O–H groups in total. The Labute approximate surface area is 240 Å². The zero-order valence-corrected chi connectivity index (χ0v) is 23.8. The van der Waals surface area contributed by atoms with Gasteiger partial charge in [0, 0.05) is 32.0 Å². The van der Waals surface area contributed by atoms with Gasteiger partial charge in [-0.25, -0.2) is 4.79 Å². The maximum absolute atomic E-state index is 14.0. The molecular formula is C31H38N4O6. The number of terminal acetylenes is 1. The molecule has 0 aromatic heterocycles. The number of rotatable bonds is 10. The van der Waals surface area contributed by atoms with Crippen molar-refractivity contribution in [1.82, 2.24) is 20.9 Å². The Morgan fingerprint density at radius 3 is 2.37 bits per heavy atom. The second kappa shape index (κ2) is 13.8. The van der Waals surface area contributed by atoms with Crippen molar-refractivity contribution < 1.29 is 29.0 Å². The van der Waals surface area contributed by atoms with Crippen LogP contribution in [0.15, 0.2) is 54.6 Å². The molecule has 0 saturated carbocycles. The molecular weight excluding hydrogens is 524 g/mol. The van der Waals surface area contributed by atoms with Crippen LogP contribution in [-0.4, -0.2) is 65.1 Å². The average molecular weight is 563 g/mol. The highest BCUT2D eigenvalue weighted by molar-refractivity contribution is 5.92. The Balaban J connectivity index is 1.80. The molecule has 10 nitrogen and oxygen atoms in total. The molecule has 2 aromatic rings. The summed E-state index contributed by atoms with van der Waals surface area (Å²) in [4.78, 5) is 53.0. The van der Waals surface area contributed by atoms with Crippen LogP contribution in [0, 0.1) is 17.8 Å². The number of hydrogen-bond acceptors (Lipinski definition) is 6. The topological polar surface area (TPSA) is 137 Å². The molecule has 4 amide bonds. The number of amides is 4. The van der Waals surface area contributed by atoms with Crippen LogP contribution in [-0.2, 0) is 14.4 Å². The Kier molecular flexibility index (Phi) is 10.5. The first-order chi connectivity index (χ1) is 19.4. The SMILES string of the molecule is C#Cc1ccc([C@H](C)NC(=O)[C@@H]2C[C@@H](O)CN2C(=O)[C@H](NC(=O)Oc2ccccc2)C(C)(C)CCNC(C)=O)cc1. The Morgan fingerprint density at radius 2 is 1.76 bits per heavy atom. The van der Waals surface area contributed by atoms with Crippen molar-refractivity contribution in [2.45, 2.75) is 64.8 Å². The first kappa shape index (κ1) is 31.2. The highest BCUT2D eigenvalue weighted by Gasteiger charge is 2.46. The van der Waals surface area contributed by atoms with E-state index in [0.717, 1.165) is 5.56 Å². The van der Waals surface area contributed by atoms with Crippen molar-refractivity contribution in [2.75, 3.05) is 13.1 Å². The Morgan fingerprint density at radius 1 is 1.10 bits per heavy atom. The maximum atomic E-state index is 14.0. The number of hydrogen-bond donors (Lipinski definition) is 4. The number of nitrogens with zero attached hydrogens (tertiary/aromatic N) is 1. The number of carbonyl (C=O) groups excluding carboxylic acids is 4. The third-order valence-electron chi connectivity index (χ3n) is 7.19. The number of nitrogens with one attached hydrogen (secondary N) is 3. The third kappa shape index (κ3) is 8.56. The average Bonchev–Trinajstić information content (AvgIpc) is 3.33. The van der Waals surface area contributed by atoms with Crippen LogP contribution in [0.5, 0.6) is 5.75 Å². The summed E-state index contributed by atoms with van der Waals surface area (Å²) in [6.07, 6.45) is 4.06. The summed E-state index contributed by atoms with van der Waals surface area (Å²) in [5.41, 5.74) is 0.681. The number of para-hydroxylation sites is 1. The van der Waals surface area contributed by atoms with Crippen molar-refractivity contribution in [3.63, 3.8) is 0 Å². The number of aliphatic hydroxyl groups excluding tert-OH is 1. The van der Waals surface area contributed by atoms with Crippen molar-refractivity contribution >= 4 is 23.8 Å². The standard InChI is InChI=1S/C31H38N4O6/c1-6-22-12-14-23(15-13-22)20(2)33-28(38)26-18-24(37)19-35(26)29(39)27(31(4,5)16-17-32-21(3)36)34-30(40)41-25-10-8-7-9-11-25/h1,7-15,20,24,26-27,37H,16-19H2,2-5H3,(H,32,36)(H,33,38)(H,34,40)/t20-,24+,26-,27-/m0/s1. The van der Waals surface area contributed by atoms with Gasteiger partial charge in [0.25, 0.3) is 0 Å². The number of benzene rings is 2. The normalized spacial score (nSPS) is 18.0. The largest absolute Gasteiger partial charge is 0.413 e. The van der Waals surface area contributed by atoms with Gasteiger partial charge in [-0.2, -0.15) is 0 Å². The van der Waals surface area contributed by atoms with Gasteiger partial charge in [0.1, 0.15) is 17.8 Å². The maximum Gasteiger partial charge on any atom is 0.413 e. The van der Waals surface area contributed by atoms with E-state index in [0.29, 0.717) is 17.7 Å². The molecule has 0 spiro atoms. The van der Waals surface area contributed by atoms with Gasteiger partial charge in [0.05, 0.1) is 12.1 Å². The fourth-order valence-corrected chi connectivity index (χ4v) is 4.77. The van der Waals surface area contributed by atoms with E-state index in [-0.39, 0.29) is 31.5 Å². The van der Waals surface area contributed by atoms with Crippen LogP contribution in [0.3, 0.4) is 0 Å². The second-order valence-corrected chi connectivity index (χ2v) is 10.9. The quantitative estimate of drug-likeness (QED) is 0.329. The summed E-state index contributed by atoms with van der Waals surface area (Å²) in [5.74, 6) is 1.67. The summed E-state index contributed by atoms with van der Waals surface area (Å²) in [5, 5.41) is 18.8. The molecule has 2 aromatic carbocycles. The highest BCUT2D eigenvalue weighted by atomic mass is 16.6. The van der Waals surface area contributed by atoms with E-state index in [9.17, 15) is 24.3 Å². The summed E-state index contributed by atoms with van der Waals surface area (Å²) < 4.78 is 5.38. The van der Waals surface area contributed by atoms with Gasteiger partial charge in [-0.05, 0) is 48.6 Å². The van der Waals surface area contributed by atoms with Crippen LogP contribution in [0.4, 0.5) is 4.79 Å². The molecule has 0 bridgehead atoms. The van der Waals surface area contributed by atoms with Gasteiger partial charge in [-0.1, -0.05) is 50.1 Å². The number of β-amino-alcohol motifs (C(OH)–C–C–N with tert-alkyl or cyclic N) is 1. The van der Waals surface area contributed by atoms with E-state index in [1.807, 2.05) is 19.1 Å². The molecule has 1 saturated heterocycles. The smallest absolute Gasteiger partial charge is 0.410 e. The lowest BCUT2D eigenvalue weighted by atomic mass is 9.80. The van der Waals surface area contributed by atoms with Crippen LogP contribution in [0.2, 0.25) is 0 Å². The number of ether oxygens (including phenoxy) is 1. The molecule has 1 aliphatic rings.